The first-order valence-electron chi connectivity index (χ1n) is 7.58. The van der Waals surface area contributed by atoms with Gasteiger partial charge in [0.25, 0.3) is 0 Å². The molecule has 1 aromatic rings. The maximum absolute atomic E-state index is 6.05. The Balaban J connectivity index is 2.18. The van der Waals surface area contributed by atoms with Gasteiger partial charge < -0.3 is 4.90 Å². The van der Waals surface area contributed by atoms with Gasteiger partial charge >= 0.3 is 0 Å². The van der Waals surface area contributed by atoms with E-state index >= 15 is 0 Å². The van der Waals surface area contributed by atoms with Crippen LogP contribution in [0.3, 0.4) is 0 Å². The van der Waals surface area contributed by atoms with E-state index in [2.05, 4.69) is 57.7 Å². The van der Waals surface area contributed by atoms with Crippen LogP contribution >= 0.6 is 0 Å². The van der Waals surface area contributed by atoms with Gasteiger partial charge in [-0.1, -0.05) is 44.5 Å². The molecule has 1 saturated heterocycles. The molecule has 2 bridgehead atoms. The Morgan fingerprint density at radius 3 is 2.70 bits per heavy atom. The number of rotatable bonds is 1. The fourth-order valence-electron chi connectivity index (χ4n) is 4.41. The van der Waals surface area contributed by atoms with E-state index < -0.39 is 0 Å². The number of likely N-dealkylation sites (tertiary alicyclic amines) is 1. The lowest BCUT2D eigenvalue weighted by Crippen LogP contribution is -2.63. The molecule has 1 heteroatoms. The highest BCUT2D eigenvalue weighted by molar-refractivity contribution is 5.44. The summed E-state index contributed by atoms with van der Waals surface area (Å²) in [7, 11) is 0. The summed E-state index contributed by atoms with van der Waals surface area (Å²) in [4.78, 5) is 2.33. The third-order valence-electron chi connectivity index (χ3n) is 6.12. The molecule has 2 aliphatic rings. The van der Waals surface area contributed by atoms with Crippen molar-refractivity contribution in [1.29, 1.82) is 0 Å². The summed E-state index contributed by atoms with van der Waals surface area (Å²) in [5, 5.41) is 0. The van der Waals surface area contributed by atoms with Gasteiger partial charge in [-0.2, -0.15) is 0 Å². The summed E-state index contributed by atoms with van der Waals surface area (Å²) < 4.78 is 0. The van der Waals surface area contributed by atoms with Crippen LogP contribution in [0.15, 0.2) is 23.9 Å². The Bertz CT molecular complexity index is 569. The molecule has 0 unspecified atom stereocenters. The fraction of sp³-hybridized carbons (Fsp3) is 0.526. The summed E-state index contributed by atoms with van der Waals surface area (Å²) in [5.41, 5.74) is 5.56. The van der Waals surface area contributed by atoms with Crippen molar-refractivity contribution in [2.75, 3.05) is 6.54 Å². The van der Waals surface area contributed by atoms with Gasteiger partial charge in [0.05, 0.1) is 0 Å². The number of benzene rings is 1. The number of allylic oxidation sites excluding steroid dienone is 1. The number of hydrogen-bond donors (Lipinski definition) is 0. The lowest BCUT2D eigenvalue weighted by atomic mass is 9.51. The zero-order valence-corrected chi connectivity index (χ0v) is 13.2. The molecule has 1 fully saturated rings. The van der Waals surface area contributed by atoms with Crippen molar-refractivity contribution in [3.63, 3.8) is 0 Å². The SMILES string of the molecule is [CH]=C([CH2])N1CC[C@@]2(C)c3ccc(C)cc3C[C@@H]1C2(C)C. The molecule has 1 aliphatic heterocycles. The van der Waals surface area contributed by atoms with Crippen molar-refractivity contribution in [2.24, 2.45) is 5.41 Å². The average Bonchev–Trinajstić information content (AvgIpc) is 2.33. The maximum atomic E-state index is 6.05. The molecule has 0 spiro atoms. The predicted molar refractivity (Wildman–Crippen MR) is 84.3 cm³/mol. The summed E-state index contributed by atoms with van der Waals surface area (Å²) >= 11 is 0. The molecule has 0 saturated carbocycles. The number of hydrogen-bond acceptors (Lipinski definition) is 1. The Morgan fingerprint density at radius 2 is 2.05 bits per heavy atom. The summed E-state index contributed by atoms with van der Waals surface area (Å²) in [6.45, 7) is 20.5. The lowest BCUT2D eigenvalue weighted by molar-refractivity contribution is -0.0182. The van der Waals surface area contributed by atoms with E-state index in [-0.39, 0.29) is 10.8 Å². The minimum absolute atomic E-state index is 0.204. The van der Waals surface area contributed by atoms with Crippen LogP contribution in [0.5, 0.6) is 0 Å². The van der Waals surface area contributed by atoms with E-state index in [0.29, 0.717) is 6.04 Å². The zero-order chi connectivity index (χ0) is 14.7. The van der Waals surface area contributed by atoms with Gasteiger partial charge in [-0.15, -0.1) is 0 Å². The van der Waals surface area contributed by atoms with Gasteiger partial charge in [-0.25, -0.2) is 0 Å². The minimum Gasteiger partial charge on any atom is -0.371 e. The molecule has 1 heterocycles. The topological polar surface area (TPSA) is 3.24 Å². The smallest absolute Gasteiger partial charge is 0.0386 e. The van der Waals surface area contributed by atoms with Crippen LogP contribution < -0.4 is 0 Å². The first-order chi connectivity index (χ1) is 9.27. The zero-order valence-electron chi connectivity index (χ0n) is 13.2. The van der Waals surface area contributed by atoms with Crippen LogP contribution in [0.2, 0.25) is 0 Å². The number of aryl methyl sites for hydroxylation is 1. The molecule has 1 aromatic carbocycles. The summed E-state index contributed by atoms with van der Waals surface area (Å²) in [6.07, 6.45) is 2.22. The van der Waals surface area contributed by atoms with Crippen LogP contribution in [-0.4, -0.2) is 17.5 Å². The van der Waals surface area contributed by atoms with E-state index in [9.17, 15) is 0 Å². The Labute approximate surface area is 123 Å². The van der Waals surface area contributed by atoms with Crippen molar-refractivity contribution >= 4 is 0 Å². The second-order valence-corrected chi connectivity index (χ2v) is 7.37. The van der Waals surface area contributed by atoms with Gasteiger partial charge in [0.1, 0.15) is 0 Å². The van der Waals surface area contributed by atoms with Gasteiger partial charge in [0.2, 0.25) is 0 Å². The second-order valence-electron chi connectivity index (χ2n) is 7.37. The van der Waals surface area contributed by atoms with E-state index in [1.165, 1.54) is 11.1 Å². The fourth-order valence-corrected chi connectivity index (χ4v) is 4.41. The normalized spacial score (nSPS) is 30.9. The summed E-state index contributed by atoms with van der Waals surface area (Å²) in [5.74, 6) is 0. The van der Waals surface area contributed by atoms with Gasteiger partial charge in [-0.05, 0) is 49.8 Å². The predicted octanol–water partition coefficient (Wildman–Crippen LogP) is 4.06. The molecule has 1 nitrogen and oxygen atoms in total. The average molecular weight is 267 g/mol. The van der Waals surface area contributed by atoms with Crippen molar-refractivity contribution < 1.29 is 0 Å². The molecule has 1 aliphatic carbocycles. The Morgan fingerprint density at radius 1 is 1.35 bits per heavy atom. The van der Waals surface area contributed by atoms with Crippen LogP contribution in [-0.2, 0) is 11.8 Å². The van der Waals surface area contributed by atoms with E-state index in [1.54, 1.807) is 5.56 Å². The van der Waals surface area contributed by atoms with E-state index in [0.717, 1.165) is 25.1 Å². The quantitative estimate of drug-likeness (QED) is 0.741. The molecule has 3 rings (SSSR count). The Hall–Kier alpha value is -1.24. The number of fused-ring (bicyclic) bond motifs is 4. The summed E-state index contributed by atoms with van der Waals surface area (Å²) in [6, 6.07) is 7.43. The molecule has 0 aromatic heterocycles. The Kier molecular flexibility index (Phi) is 2.83. The molecule has 20 heavy (non-hydrogen) atoms. The van der Waals surface area contributed by atoms with Crippen molar-refractivity contribution in [2.45, 2.75) is 52.0 Å². The van der Waals surface area contributed by atoms with Crippen LogP contribution in [0, 0.1) is 25.8 Å². The second kappa shape index (κ2) is 4.13. The molecule has 0 amide bonds. The standard InChI is InChI=1S/C19H25N/c1-13(2)20-10-9-19(6)16-8-7-14(3)11-15(16)12-17(20)18(19,4)5/h1,7-8,11,17H,2,9-10,12H2,3-6H3/t17-,19+/m1/s1. The molecule has 2 radical (unpaired) electrons. The third-order valence-corrected chi connectivity index (χ3v) is 6.12. The number of nitrogens with zero attached hydrogens (tertiary/aromatic N) is 1. The highest BCUT2D eigenvalue weighted by Gasteiger charge is 2.55. The van der Waals surface area contributed by atoms with Gasteiger partial charge in [-0.3, -0.25) is 0 Å². The van der Waals surface area contributed by atoms with E-state index in [1.807, 2.05) is 0 Å². The van der Waals surface area contributed by atoms with Crippen LogP contribution in [0.1, 0.15) is 43.9 Å². The first-order valence-corrected chi connectivity index (χ1v) is 7.58. The van der Waals surface area contributed by atoms with Gasteiger partial charge in [0, 0.05) is 23.7 Å². The molecular weight excluding hydrogens is 242 g/mol. The monoisotopic (exact) mass is 267 g/mol. The van der Waals surface area contributed by atoms with Crippen molar-refractivity contribution in [3.8, 4) is 0 Å². The number of piperidine rings is 1. The molecule has 2 atom stereocenters. The highest BCUT2D eigenvalue weighted by Crippen LogP contribution is 2.56. The largest absolute Gasteiger partial charge is 0.371 e. The lowest BCUT2D eigenvalue weighted by Gasteiger charge is -2.61. The molecule has 106 valence electrons. The van der Waals surface area contributed by atoms with Crippen molar-refractivity contribution in [1.82, 2.24) is 4.90 Å². The van der Waals surface area contributed by atoms with Crippen molar-refractivity contribution in [3.05, 3.63) is 54.1 Å². The molecule has 0 N–H and O–H groups in total. The van der Waals surface area contributed by atoms with Gasteiger partial charge in [0.15, 0.2) is 0 Å². The highest BCUT2D eigenvalue weighted by atomic mass is 15.2. The molecular formula is C19H25N. The maximum Gasteiger partial charge on any atom is 0.0386 e. The van der Waals surface area contributed by atoms with Crippen LogP contribution in [0.25, 0.3) is 0 Å². The van der Waals surface area contributed by atoms with E-state index in [4.69, 9.17) is 6.58 Å². The minimum atomic E-state index is 0.204. The third kappa shape index (κ3) is 1.62. The first kappa shape index (κ1) is 13.7. The van der Waals surface area contributed by atoms with Crippen LogP contribution in [0.4, 0.5) is 0 Å².